The number of hydrogen-bond acceptors (Lipinski definition) is 2. The molecule has 2 N–H and O–H groups in total. The van der Waals surface area contributed by atoms with Crippen LogP contribution in [0.15, 0.2) is 42.5 Å². The molecule has 0 saturated carbocycles. The lowest BCUT2D eigenvalue weighted by molar-refractivity contribution is -0.138. The quantitative estimate of drug-likeness (QED) is 0.810. The summed E-state index contributed by atoms with van der Waals surface area (Å²) in [6.07, 6.45) is 6.47. The van der Waals surface area contributed by atoms with Crippen LogP contribution in [0.2, 0.25) is 0 Å². The molecule has 2 atom stereocenters. The Morgan fingerprint density at radius 3 is 2.60 bits per heavy atom. The van der Waals surface area contributed by atoms with E-state index in [1.165, 1.54) is 0 Å². The van der Waals surface area contributed by atoms with Crippen molar-refractivity contribution in [3.05, 3.63) is 48.0 Å². The largest absolute Gasteiger partial charge is 0.481 e. The van der Waals surface area contributed by atoms with Gasteiger partial charge >= 0.3 is 5.97 Å². The smallest absolute Gasteiger partial charge is 0.305 e. The molecular weight excluding hydrogens is 254 g/mol. The number of benzene rings is 1. The SMILES string of the molecule is O=C(O)CC(NC(=O)C1CC=CCC1)c1ccccc1. The molecule has 4 nitrogen and oxygen atoms in total. The molecule has 1 amide bonds. The van der Waals surface area contributed by atoms with E-state index >= 15 is 0 Å². The second-order valence-electron chi connectivity index (χ2n) is 5.05. The highest BCUT2D eigenvalue weighted by Crippen LogP contribution is 2.22. The number of carboxylic acid groups (broad SMARTS) is 1. The van der Waals surface area contributed by atoms with Crippen LogP contribution in [-0.2, 0) is 9.59 Å². The summed E-state index contributed by atoms with van der Waals surface area (Å²) in [6, 6.07) is 8.78. The molecule has 0 saturated heterocycles. The molecule has 0 heterocycles. The molecule has 1 aromatic carbocycles. The summed E-state index contributed by atoms with van der Waals surface area (Å²) in [6.45, 7) is 0. The summed E-state index contributed by atoms with van der Waals surface area (Å²) in [5.41, 5.74) is 0.828. The van der Waals surface area contributed by atoms with Crippen molar-refractivity contribution in [1.82, 2.24) is 5.32 Å². The van der Waals surface area contributed by atoms with Gasteiger partial charge in [-0.2, -0.15) is 0 Å². The van der Waals surface area contributed by atoms with Crippen LogP contribution in [-0.4, -0.2) is 17.0 Å². The third kappa shape index (κ3) is 3.95. The molecule has 0 bridgehead atoms. The fourth-order valence-corrected chi connectivity index (χ4v) is 2.43. The monoisotopic (exact) mass is 273 g/mol. The Balaban J connectivity index is 2.05. The number of nitrogens with one attached hydrogen (secondary N) is 1. The van der Waals surface area contributed by atoms with Crippen molar-refractivity contribution in [2.45, 2.75) is 31.7 Å². The lowest BCUT2D eigenvalue weighted by Gasteiger charge is -2.22. The lowest BCUT2D eigenvalue weighted by Crippen LogP contribution is -2.35. The highest BCUT2D eigenvalue weighted by Gasteiger charge is 2.23. The molecular formula is C16H19NO3. The predicted octanol–water partition coefficient (Wildman–Crippen LogP) is 2.67. The molecule has 0 aromatic heterocycles. The zero-order chi connectivity index (χ0) is 14.4. The highest BCUT2D eigenvalue weighted by molar-refractivity contribution is 5.80. The minimum atomic E-state index is -0.914. The first-order valence-corrected chi connectivity index (χ1v) is 6.89. The number of amides is 1. The fourth-order valence-electron chi connectivity index (χ4n) is 2.43. The van der Waals surface area contributed by atoms with Crippen molar-refractivity contribution >= 4 is 11.9 Å². The normalized spacial score (nSPS) is 19.3. The van der Waals surface area contributed by atoms with Crippen LogP contribution in [0.1, 0.15) is 37.3 Å². The third-order valence-electron chi connectivity index (χ3n) is 3.54. The van der Waals surface area contributed by atoms with E-state index < -0.39 is 12.0 Å². The number of carboxylic acids is 1. The van der Waals surface area contributed by atoms with Gasteiger partial charge in [0.25, 0.3) is 0 Å². The number of carbonyl (C=O) groups excluding carboxylic acids is 1. The van der Waals surface area contributed by atoms with Gasteiger partial charge in [0.15, 0.2) is 0 Å². The predicted molar refractivity (Wildman–Crippen MR) is 76.1 cm³/mol. The van der Waals surface area contributed by atoms with E-state index in [-0.39, 0.29) is 18.2 Å². The molecule has 0 spiro atoms. The topological polar surface area (TPSA) is 66.4 Å². The number of rotatable bonds is 5. The molecule has 1 aromatic rings. The highest BCUT2D eigenvalue weighted by atomic mass is 16.4. The second-order valence-corrected chi connectivity index (χ2v) is 5.05. The summed E-state index contributed by atoms with van der Waals surface area (Å²) in [5, 5.41) is 11.9. The first kappa shape index (κ1) is 14.3. The van der Waals surface area contributed by atoms with Gasteiger partial charge < -0.3 is 10.4 Å². The maximum absolute atomic E-state index is 12.2. The molecule has 0 fully saturated rings. The molecule has 20 heavy (non-hydrogen) atoms. The molecule has 2 rings (SSSR count). The van der Waals surface area contributed by atoms with Crippen LogP contribution in [0.4, 0.5) is 0 Å². The molecule has 0 aliphatic heterocycles. The Morgan fingerprint density at radius 2 is 2.00 bits per heavy atom. The summed E-state index contributed by atoms with van der Waals surface area (Å²) in [7, 11) is 0. The Bertz CT molecular complexity index is 496. The first-order chi connectivity index (χ1) is 9.66. The first-order valence-electron chi connectivity index (χ1n) is 6.89. The summed E-state index contributed by atoms with van der Waals surface area (Å²) >= 11 is 0. The Labute approximate surface area is 118 Å². The van der Waals surface area contributed by atoms with Crippen molar-refractivity contribution < 1.29 is 14.7 Å². The minimum Gasteiger partial charge on any atom is -0.481 e. The van der Waals surface area contributed by atoms with E-state index in [4.69, 9.17) is 5.11 Å². The van der Waals surface area contributed by atoms with E-state index in [1.807, 2.05) is 36.4 Å². The Kier molecular flexibility index (Phi) is 4.93. The van der Waals surface area contributed by atoms with Gasteiger partial charge in [-0.25, -0.2) is 0 Å². The van der Waals surface area contributed by atoms with Gasteiger partial charge in [0, 0.05) is 5.92 Å². The van der Waals surface area contributed by atoms with Gasteiger partial charge in [-0.15, -0.1) is 0 Å². The van der Waals surface area contributed by atoms with Crippen LogP contribution in [0.25, 0.3) is 0 Å². The molecule has 0 radical (unpaired) electrons. The van der Waals surface area contributed by atoms with Crippen molar-refractivity contribution in [1.29, 1.82) is 0 Å². The van der Waals surface area contributed by atoms with Gasteiger partial charge in [-0.05, 0) is 24.8 Å². The van der Waals surface area contributed by atoms with Crippen LogP contribution >= 0.6 is 0 Å². The van der Waals surface area contributed by atoms with Crippen LogP contribution in [0.5, 0.6) is 0 Å². The second kappa shape index (κ2) is 6.89. The van der Waals surface area contributed by atoms with E-state index in [0.29, 0.717) is 0 Å². The standard InChI is InChI=1S/C16H19NO3/c18-15(19)11-14(12-7-3-1-4-8-12)17-16(20)13-9-5-2-6-10-13/h1-5,7-8,13-14H,6,9-11H2,(H,17,20)(H,18,19). The molecule has 4 heteroatoms. The Morgan fingerprint density at radius 1 is 1.25 bits per heavy atom. The zero-order valence-electron chi connectivity index (χ0n) is 11.3. The van der Waals surface area contributed by atoms with Gasteiger partial charge in [0.1, 0.15) is 0 Å². The molecule has 106 valence electrons. The number of carbonyl (C=O) groups is 2. The lowest BCUT2D eigenvalue weighted by atomic mass is 9.92. The molecule has 2 unspecified atom stereocenters. The average molecular weight is 273 g/mol. The number of aliphatic carboxylic acids is 1. The van der Waals surface area contributed by atoms with Crippen molar-refractivity contribution in [3.8, 4) is 0 Å². The Hall–Kier alpha value is -2.10. The van der Waals surface area contributed by atoms with Gasteiger partial charge in [-0.1, -0.05) is 42.5 Å². The summed E-state index contributed by atoms with van der Waals surface area (Å²) in [5.74, 6) is -1.01. The van der Waals surface area contributed by atoms with Gasteiger partial charge in [0.2, 0.25) is 5.91 Å². The summed E-state index contributed by atoms with van der Waals surface area (Å²) < 4.78 is 0. The number of allylic oxidation sites excluding steroid dienone is 2. The third-order valence-corrected chi connectivity index (χ3v) is 3.54. The van der Waals surface area contributed by atoms with E-state index in [1.54, 1.807) is 0 Å². The van der Waals surface area contributed by atoms with Gasteiger partial charge in [-0.3, -0.25) is 9.59 Å². The zero-order valence-corrected chi connectivity index (χ0v) is 11.3. The van der Waals surface area contributed by atoms with Crippen molar-refractivity contribution in [3.63, 3.8) is 0 Å². The maximum atomic E-state index is 12.2. The average Bonchev–Trinajstić information content (AvgIpc) is 2.48. The minimum absolute atomic E-state index is 0.0417. The van der Waals surface area contributed by atoms with Crippen molar-refractivity contribution in [2.24, 2.45) is 5.92 Å². The van der Waals surface area contributed by atoms with E-state index in [0.717, 1.165) is 24.8 Å². The van der Waals surface area contributed by atoms with E-state index in [2.05, 4.69) is 11.4 Å². The molecule has 1 aliphatic rings. The van der Waals surface area contributed by atoms with Crippen LogP contribution in [0.3, 0.4) is 0 Å². The fraction of sp³-hybridized carbons (Fsp3) is 0.375. The van der Waals surface area contributed by atoms with Crippen molar-refractivity contribution in [2.75, 3.05) is 0 Å². The van der Waals surface area contributed by atoms with Gasteiger partial charge in [0.05, 0.1) is 12.5 Å². The maximum Gasteiger partial charge on any atom is 0.305 e. The van der Waals surface area contributed by atoms with E-state index in [9.17, 15) is 9.59 Å². The van der Waals surface area contributed by atoms with Crippen LogP contribution in [0, 0.1) is 5.92 Å². The summed E-state index contributed by atoms with van der Waals surface area (Å²) in [4.78, 5) is 23.2. The van der Waals surface area contributed by atoms with Crippen LogP contribution < -0.4 is 5.32 Å². The number of hydrogen-bond donors (Lipinski definition) is 2. The molecule has 1 aliphatic carbocycles.